The van der Waals surface area contributed by atoms with Crippen molar-refractivity contribution in [3.8, 4) is 17.2 Å². The number of benzene rings is 4. The smallest absolute Gasteiger partial charge is 0.335 e. The highest BCUT2D eigenvalue weighted by Gasteiger charge is 2.37. The zero-order valence-electron chi connectivity index (χ0n) is 23.6. The summed E-state index contributed by atoms with van der Waals surface area (Å²) in [7, 11) is 0. The Hall–Kier alpha value is -4.13. The molecule has 0 unspecified atom stereocenters. The summed E-state index contributed by atoms with van der Waals surface area (Å²) < 4.78 is 31.8. The van der Waals surface area contributed by atoms with Crippen LogP contribution >= 0.6 is 45.8 Å². The minimum Gasteiger partial charge on any atom is -0.490 e. The fourth-order valence-electron chi connectivity index (χ4n) is 4.41. The number of rotatable bonds is 10. The number of halogens is 4. The molecule has 0 atom stereocenters. The molecular formula is C33H24Cl2FIN2O6. The van der Waals surface area contributed by atoms with E-state index in [0.717, 1.165) is 10.5 Å². The molecule has 1 fully saturated rings. The Kier molecular flexibility index (Phi) is 10.3. The van der Waals surface area contributed by atoms with E-state index in [4.69, 9.17) is 37.4 Å². The molecule has 12 heteroatoms. The van der Waals surface area contributed by atoms with Crippen LogP contribution in [0.1, 0.15) is 23.6 Å². The summed E-state index contributed by atoms with van der Waals surface area (Å²) in [6.07, 6.45) is 1.38. The van der Waals surface area contributed by atoms with E-state index in [0.29, 0.717) is 48.6 Å². The Balaban J connectivity index is 1.35. The van der Waals surface area contributed by atoms with Crippen molar-refractivity contribution in [2.75, 3.05) is 11.5 Å². The SMILES string of the molecule is CCOc1cc(/C=C2\C(=O)NC(=O)N(c3ccc(OCc4ccc(Cl)cc4Cl)cc3)C2=O)cc(I)c1OCc1cccc(F)c1. The number of imide groups is 2. The summed E-state index contributed by atoms with van der Waals surface area (Å²) in [6.45, 7) is 2.40. The number of hydrogen-bond donors (Lipinski definition) is 1. The van der Waals surface area contributed by atoms with Crippen LogP contribution in [0, 0.1) is 9.39 Å². The number of anilines is 1. The maximum Gasteiger partial charge on any atom is 0.335 e. The molecule has 1 heterocycles. The molecule has 45 heavy (non-hydrogen) atoms. The van der Waals surface area contributed by atoms with Gasteiger partial charge in [0.2, 0.25) is 0 Å². The third-order valence-corrected chi connectivity index (χ3v) is 7.91. The average molecular weight is 761 g/mol. The molecule has 4 aromatic rings. The Morgan fingerprint density at radius 3 is 2.40 bits per heavy atom. The van der Waals surface area contributed by atoms with E-state index in [1.54, 1.807) is 61.5 Å². The second kappa shape index (κ2) is 14.3. The number of hydrogen-bond acceptors (Lipinski definition) is 6. The number of urea groups is 1. The molecule has 0 aromatic heterocycles. The van der Waals surface area contributed by atoms with E-state index in [2.05, 4.69) is 27.9 Å². The van der Waals surface area contributed by atoms with Gasteiger partial charge < -0.3 is 14.2 Å². The van der Waals surface area contributed by atoms with E-state index in [1.807, 2.05) is 0 Å². The number of nitrogens with one attached hydrogen (secondary N) is 1. The van der Waals surface area contributed by atoms with Gasteiger partial charge in [-0.1, -0.05) is 41.4 Å². The first kappa shape index (κ1) is 32.3. The van der Waals surface area contributed by atoms with Gasteiger partial charge in [-0.05, 0) is 107 Å². The average Bonchev–Trinajstić information content (AvgIpc) is 2.99. The minimum atomic E-state index is -0.880. The van der Waals surface area contributed by atoms with Gasteiger partial charge in [-0.2, -0.15) is 0 Å². The lowest BCUT2D eigenvalue weighted by Crippen LogP contribution is -2.54. The lowest BCUT2D eigenvalue weighted by atomic mass is 10.1. The van der Waals surface area contributed by atoms with Crippen molar-refractivity contribution in [3.63, 3.8) is 0 Å². The summed E-state index contributed by atoms with van der Waals surface area (Å²) in [6, 6.07) is 19.9. The standard InChI is InChI=1S/C33H24Cl2FIN2O6/c1-2-43-29-15-20(14-28(37)30(29)45-17-19-4-3-5-23(36)12-19)13-26-31(40)38-33(42)39(32(26)41)24-8-10-25(11-9-24)44-18-21-6-7-22(34)16-27(21)35/h3-16H,2,17-18H2,1H3,(H,38,40,42)/b26-13+. The zero-order chi connectivity index (χ0) is 32.1. The van der Waals surface area contributed by atoms with Crippen LogP contribution in [0.15, 0.2) is 84.4 Å². The molecule has 8 nitrogen and oxygen atoms in total. The fraction of sp³-hybridized carbons (Fsp3) is 0.121. The van der Waals surface area contributed by atoms with Crippen LogP contribution in [-0.4, -0.2) is 24.5 Å². The number of carbonyl (C=O) groups is 3. The van der Waals surface area contributed by atoms with E-state index in [1.165, 1.54) is 30.3 Å². The first-order valence-corrected chi connectivity index (χ1v) is 15.4. The van der Waals surface area contributed by atoms with Gasteiger partial charge in [-0.15, -0.1) is 0 Å². The highest BCUT2D eigenvalue weighted by molar-refractivity contribution is 14.1. The molecule has 0 saturated carbocycles. The Bertz CT molecular complexity index is 1820. The fourth-order valence-corrected chi connectivity index (χ4v) is 5.65. The lowest BCUT2D eigenvalue weighted by molar-refractivity contribution is -0.122. The monoisotopic (exact) mass is 760 g/mol. The van der Waals surface area contributed by atoms with Crippen LogP contribution < -0.4 is 24.4 Å². The van der Waals surface area contributed by atoms with Crippen LogP contribution in [0.4, 0.5) is 14.9 Å². The predicted octanol–water partition coefficient (Wildman–Crippen LogP) is 7.96. The van der Waals surface area contributed by atoms with Crippen molar-refractivity contribution >= 4 is 75.4 Å². The zero-order valence-corrected chi connectivity index (χ0v) is 27.3. The number of carbonyl (C=O) groups excluding carboxylic acids is 3. The molecule has 0 bridgehead atoms. The first-order valence-electron chi connectivity index (χ1n) is 13.5. The van der Waals surface area contributed by atoms with Crippen LogP contribution in [0.3, 0.4) is 0 Å². The van der Waals surface area contributed by atoms with Gasteiger partial charge in [0, 0.05) is 15.6 Å². The molecule has 4 aromatic carbocycles. The topological polar surface area (TPSA) is 94.2 Å². The second-order valence-electron chi connectivity index (χ2n) is 9.66. The number of amides is 4. The van der Waals surface area contributed by atoms with Crippen molar-refractivity contribution in [3.05, 3.63) is 121 Å². The summed E-state index contributed by atoms with van der Waals surface area (Å²) >= 11 is 14.2. The van der Waals surface area contributed by atoms with Gasteiger partial charge in [0.05, 0.1) is 15.9 Å². The molecule has 4 amide bonds. The van der Waals surface area contributed by atoms with Gasteiger partial charge in [0.15, 0.2) is 11.5 Å². The molecule has 1 aliphatic heterocycles. The molecule has 0 spiro atoms. The van der Waals surface area contributed by atoms with Gasteiger partial charge >= 0.3 is 6.03 Å². The molecule has 1 N–H and O–H groups in total. The summed E-state index contributed by atoms with van der Waals surface area (Å²) in [5.74, 6) is -0.727. The maximum absolute atomic E-state index is 13.6. The van der Waals surface area contributed by atoms with Crippen molar-refractivity contribution in [2.45, 2.75) is 20.1 Å². The lowest BCUT2D eigenvalue weighted by Gasteiger charge is -2.26. The summed E-state index contributed by atoms with van der Waals surface area (Å²) in [5.41, 5.74) is 1.83. The van der Waals surface area contributed by atoms with Crippen molar-refractivity contribution in [1.29, 1.82) is 0 Å². The van der Waals surface area contributed by atoms with Crippen LogP contribution in [0.25, 0.3) is 6.08 Å². The molecule has 1 saturated heterocycles. The minimum absolute atomic E-state index is 0.102. The van der Waals surface area contributed by atoms with Crippen LogP contribution in [0.5, 0.6) is 17.2 Å². The molecule has 0 radical (unpaired) electrons. The second-order valence-corrected chi connectivity index (χ2v) is 11.7. The maximum atomic E-state index is 13.6. The Labute approximate surface area is 281 Å². The largest absolute Gasteiger partial charge is 0.490 e. The van der Waals surface area contributed by atoms with Gasteiger partial charge in [-0.25, -0.2) is 14.1 Å². The molecule has 0 aliphatic carbocycles. The van der Waals surface area contributed by atoms with Gasteiger partial charge in [0.25, 0.3) is 11.8 Å². The molecule has 1 aliphatic rings. The van der Waals surface area contributed by atoms with E-state index < -0.39 is 17.8 Å². The number of nitrogens with zero attached hydrogens (tertiary/aromatic N) is 1. The van der Waals surface area contributed by atoms with Gasteiger partial charge in [0.1, 0.15) is 30.4 Å². The summed E-state index contributed by atoms with van der Waals surface area (Å²) in [4.78, 5) is 39.9. The predicted molar refractivity (Wildman–Crippen MR) is 177 cm³/mol. The third-order valence-electron chi connectivity index (χ3n) is 6.52. The van der Waals surface area contributed by atoms with Crippen LogP contribution in [0.2, 0.25) is 10.0 Å². The van der Waals surface area contributed by atoms with E-state index in [9.17, 15) is 18.8 Å². The Morgan fingerprint density at radius 2 is 1.69 bits per heavy atom. The van der Waals surface area contributed by atoms with Crippen molar-refractivity contribution in [1.82, 2.24) is 5.32 Å². The number of barbiturate groups is 1. The normalized spacial score (nSPS) is 14.0. The highest BCUT2D eigenvalue weighted by Crippen LogP contribution is 2.36. The van der Waals surface area contributed by atoms with Crippen molar-refractivity contribution in [2.24, 2.45) is 0 Å². The molecule has 5 rings (SSSR count). The first-order chi connectivity index (χ1) is 21.6. The van der Waals surface area contributed by atoms with E-state index >= 15 is 0 Å². The third kappa shape index (κ3) is 7.75. The quantitative estimate of drug-likeness (QED) is 0.100. The molecule has 230 valence electrons. The van der Waals surface area contributed by atoms with Crippen molar-refractivity contribution < 1.29 is 33.0 Å². The Morgan fingerprint density at radius 1 is 0.911 bits per heavy atom. The number of ether oxygens (including phenoxy) is 3. The molecular weight excluding hydrogens is 737 g/mol. The van der Waals surface area contributed by atoms with Crippen LogP contribution in [-0.2, 0) is 22.8 Å². The highest BCUT2D eigenvalue weighted by atomic mass is 127. The van der Waals surface area contributed by atoms with E-state index in [-0.39, 0.29) is 30.3 Å². The van der Waals surface area contributed by atoms with Gasteiger partial charge in [-0.3, -0.25) is 14.9 Å². The summed E-state index contributed by atoms with van der Waals surface area (Å²) in [5, 5.41) is 3.20.